The monoisotopic (exact) mass is 288 g/mol. The van der Waals surface area contributed by atoms with Gasteiger partial charge < -0.3 is 15.4 Å². The van der Waals surface area contributed by atoms with Crippen molar-refractivity contribution in [2.45, 2.75) is 13.1 Å². The zero-order chi connectivity index (χ0) is 15.4. The Morgan fingerprint density at radius 1 is 1.33 bits per heavy atom. The molecule has 2 rings (SSSR count). The van der Waals surface area contributed by atoms with Crippen LogP contribution >= 0.6 is 0 Å². The summed E-state index contributed by atoms with van der Waals surface area (Å²) in [6, 6.07) is 7.27. The van der Waals surface area contributed by atoms with Crippen molar-refractivity contribution in [1.82, 2.24) is 9.78 Å². The van der Waals surface area contributed by atoms with Crippen molar-refractivity contribution < 1.29 is 4.74 Å². The number of hydrogen-bond donors (Lipinski definition) is 1. The molecule has 1 aromatic carbocycles. The minimum absolute atomic E-state index is 0.133. The minimum Gasteiger partial charge on any atom is -0.496 e. The first kappa shape index (κ1) is 15.1. The molecule has 0 radical (unpaired) electrons. The zero-order valence-electron chi connectivity index (χ0n) is 12.5. The van der Waals surface area contributed by atoms with Crippen molar-refractivity contribution in [3.8, 4) is 5.75 Å². The van der Waals surface area contributed by atoms with Crippen LogP contribution in [-0.4, -0.2) is 31.0 Å². The number of anilines is 1. The second kappa shape index (κ2) is 6.41. The summed E-state index contributed by atoms with van der Waals surface area (Å²) in [5.41, 5.74) is 8.23. The van der Waals surface area contributed by atoms with E-state index in [1.165, 1.54) is 4.68 Å². The predicted molar refractivity (Wildman–Crippen MR) is 82.8 cm³/mol. The number of benzene rings is 1. The molecule has 0 unspecified atom stereocenters. The Hall–Kier alpha value is -2.34. The number of methoxy groups -OCH3 is 1. The number of ether oxygens (including phenoxy) is 1. The Balaban J connectivity index is 2.28. The van der Waals surface area contributed by atoms with E-state index in [2.05, 4.69) is 5.10 Å². The van der Waals surface area contributed by atoms with Crippen molar-refractivity contribution >= 4 is 5.69 Å². The molecule has 112 valence electrons. The molecule has 0 saturated carbocycles. The van der Waals surface area contributed by atoms with Crippen LogP contribution in [0.1, 0.15) is 11.1 Å². The Morgan fingerprint density at radius 2 is 2.10 bits per heavy atom. The Labute approximate surface area is 123 Å². The number of rotatable bonds is 5. The molecule has 1 aromatic heterocycles. The molecule has 0 atom stereocenters. The quantitative estimate of drug-likeness (QED) is 0.882. The summed E-state index contributed by atoms with van der Waals surface area (Å²) in [7, 11) is 5.36. The van der Waals surface area contributed by atoms with E-state index in [1.807, 2.05) is 37.2 Å². The maximum absolute atomic E-state index is 12.1. The van der Waals surface area contributed by atoms with Crippen LogP contribution in [-0.2, 0) is 13.1 Å². The highest BCUT2D eigenvalue weighted by Crippen LogP contribution is 2.19. The first-order valence-electron chi connectivity index (χ1n) is 6.65. The molecule has 2 N–H and O–H groups in total. The molecule has 0 spiro atoms. The third-order valence-corrected chi connectivity index (χ3v) is 3.27. The fourth-order valence-electron chi connectivity index (χ4n) is 2.05. The van der Waals surface area contributed by atoms with Crippen LogP contribution in [0.4, 0.5) is 5.69 Å². The average molecular weight is 288 g/mol. The molecule has 0 fully saturated rings. The summed E-state index contributed by atoms with van der Waals surface area (Å²) < 4.78 is 6.66. The van der Waals surface area contributed by atoms with Crippen LogP contribution in [0, 0.1) is 0 Å². The summed E-state index contributed by atoms with van der Waals surface area (Å²) >= 11 is 0. The summed E-state index contributed by atoms with van der Waals surface area (Å²) in [5, 5.41) is 4.19. The van der Waals surface area contributed by atoms with E-state index in [0.717, 1.165) is 22.6 Å². The fraction of sp³-hybridized carbons (Fsp3) is 0.333. The average Bonchev–Trinajstić information content (AvgIpc) is 2.48. The summed E-state index contributed by atoms with van der Waals surface area (Å²) in [6.07, 6.45) is 1.68. The lowest BCUT2D eigenvalue weighted by Gasteiger charge is -2.13. The van der Waals surface area contributed by atoms with Gasteiger partial charge in [0.1, 0.15) is 5.75 Å². The number of nitrogens with zero attached hydrogens (tertiary/aromatic N) is 3. The minimum atomic E-state index is -0.133. The molecule has 6 heteroatoms. The molecule has 0 saturated heterocycles. The van der Waals surface area contributed by atoms with Crippen molar-refractivity contribution in [2.75, 3.05) is 26.1 Å². The fourth-order valence-corrected chi connectivity index (χ4v) is 2.05. The molecular formula is C15H20N4O2. The molecule has 6 nitrogen and oxygen atoms in total. The van der Waals surface area contributed by atoms with Gasteiger partial charge in [0.15, 0.2) is 0 Å². The predicted octanol–water partition coefficient (Wildman–Crippen LogP) is 0.825. The van der Waals surface area contributed by atoms with Crippen LogP contribution in [0.5, 0.6) is 5.75 Å². The van der Waals surface area contributed by atoms with Crippen LogP contribution < -0.4 is 20.9 Å². The van der Waals surface area contributed by atoms with E-state index >= 15 is 0 Å². The van der Waals surface area contributed by atoms with Gasteiger partial charge in [0.2, 0.25) is 0 Å². The normalized spacial score (nSPS) is 10.5. The molecule has 0 bridgehead atoms. The van der Waals surface area contributed by atoms with E-state index in [1.54, 1.807) is 19.4 Å². The lowest BCUT2D eigenvalue weighted by atomic mass is 10.1. The lowest BCUT2D eigenvalue weighted by molar-refractivity contribution is 0.409. The molecule has 0 aliphatic carbocycles. The molecule has 1 heterocycles. The third-order valence-electron chi connectivity index (χ3n) is 3.27. The van der Waals surface area contributed by atoms with Gasteiger partial charge in [-0.3, -0.25) is 4.79 Å². The largest absolute Gasteiger partial charge is 0.496 e. The van der Waals surface area contributed by atoms with Gasteiger partial charge in [-0.1, -0.05) is 6.07 Å². The van der Waals surface area contributed by atoms with Crippen LogP contribution in [0.15, 0.2) is 35.3 Å². The van der Waals surface area contributed by atoms with E-state index < -0.39 is 0 Å². The molecule has 0 aliphatic heterocycles. The van der Waals surface area contributed by atoms with Gasteiger partial charge in [-0.2, -0.15) is 5.10 Å². The lowest BCUT2D eigenvalue weighted by Crippen LogP contribution is -2.24. The zero-order valence-corrected chi connectivity index (χ0v) is 12.5. The van der Waals surface area contributed by atoms with E-state index in [0.29, 0.717) is 13.1 Å². The number of aromatic nitrogens is 2. The molecular weight excluding hydrogens is 268 g/mol. The van der Waals surface area contributed by atoms with Crippen molar-refractivity contribution in [3.05, 3.63) is 51.9 Å². The molecule has 21 heavy (non-hydrogen) atoms. The Kier molecular flexibility index (Phi) is 4.59. The van der Waals surface area contributed by atoms with E-state index in [4.69, 9.17) is 10.5 Å². The summed E-state index contributed by atoms with van der Waals surface area (Å²) in [4.78, 5) is 13.9. The van der Waals surface area contributed by atoms with Gasteiger partial charge in [-0.15, -0.1) is 0 Å². The van der Waals surface area contributed by atoms with Crippen LogP contribution in [0.25, 0.3) is 0 Å². The smallest absolute Gasteiger partial charge is 0.269 e. The highest BCUT2D eigenvalue weighted by Gasteiger charge is 2.06. The third kappa shape index (κ3) is 3.41. The Bertz CT molecular complexity index is 680. The molecule has 0 aliphatic rings. The van der Waals surface area contributed by atoms with E-state index in [9.17, 15) is 4.79 Å². The SMILES string of the molecule is COc1ccc(Cn2ncc(N(C)C)cc2=O)cc1CN. The highest BCUT2D eigenvalue weighted by molar-refractivity contribution is 5.41. The first-order chi connectivity index (χ1) is 10.0. The van der Waals surface area contributed by atoms with E-state index in [-0.39, 0.29) is 5.56 Å². The number of hydrogen-bond acceptors (Lipinski definition) is 5. The van der Waals surface area contributed by atoms with Gasteiger partial charge in [0, 0.05) is 32.3 Å². The summed E-state index contributed by atoms with van der Waals surface area (Å²) in [5.74, 6) is 0.754. The van der Waals surface area contributed by atoms with Crippen molar-refractivity contribution in [3.63, 3.8) is 0 Å². The summed E-state index contributed by atoms with van der Waals surface area (Å²) in [6.45, 7) is 0.794. The maximum Gasteiger partial charge on any atom is 0.269 e. The van der Waals surface area contributed by atoms with Crippen LogP contribution in [0.2, 0.25) is 0 Å². The van der Waals surface area contributed by atoms with Gasteiger partial charge in [-0.25, -0.2) is 4.68 Å². The van der Waals surface area contributed by atoms with Gasteiger partial charge in [-0.05, 0) is 17.7 Å². The van der Waals surface area contributed by atoms with Gasteiger partial charge >= 0.3 is 0 Å². The standard InChI is InChI=1S/C15H20N4O2/c1-18(2)13-7-15(20)19(17-9-13)10-11-4-5-14(21-3)12(6-11)8-16/h4-7,9H,8,10,16H2,1-3H3. The topological polar surface area (TPSA) is 73.4 Å². The second-order valence-corrected chi connectivity index (χ2v) is 4.95. The number of nitrogens with two attached hydrogens (primary N) is 1. The Morgan fingerprint density at radius 3 is 2.67 bits per heavy atom. The highest BCUT2D eigenvalue weighted by atomic mass is 16.5. The van der Waals surface area contributed by atoms with Gasteiger partial charge in [0.25, 0.3) is 5.56 Å². The van der Waals surface area contributed by atoms with Gasteiger partial charge in [0.05, 0.1) is 25.5 Å². The van der Waals surface area contributed by atoms with Crippen molar-refractivity contribution in [1.29, 1.82) is 0 Å². The van der Waals surface area contributed by atoms with Crippen LogP contribution in [0.3, 0.4) is 0 Å². The maximum atomic E-state index is 12.1. The first-order valence-corrected chi connectivity index (χ1v) is 6.65. The molecule has 2 aromatic rings. The van der Waals surface area contributed by atoms with Crippen molar-refractivity contribution in [2.24, 2.45) is 5.73 Å². The molecule has 0 amide bonds. The second-order valence-electron chi connectivity index (χ2n) is 4.95.